The lowest BCUT2D eigenvalue weighted by molar-refractivity contribution is 0.0982. The number of Topliss-reactive ketones (excluding diaryl/α,β-unsaturated/α-hetero) is 1. The highest BCUT2D eigenvalue weighted by molar-refractivity contribution is 7.89. The summed E-state index contributed by atoms with van der Waals surface area (Å²) < 4.78 is 29.6. The maximum Gasteiger partial charge on any atom is 0.243 e. The zero-order valence-corrected chi connectivity index (χ0v) is 18.9. The molecule has 2 aromatic heterocycles. The molecule has 0 radical (unpaired) electrons. The molecular weight excluding hydrogens is 424 g/mol. The summed E-state index contributed by atoms with van der Waals surface area (Å²) in [7, 11) is -3.48. The topological polar surface area (TPSA) is 83.8 Å². The molecule has 4 heterocycles. The molecule has 32 heavy (non-hydrogen) atoms. The van der Waals surface area contributed by atoms with Crippen molar-refractivity contribution in [2.45, 2.75) is 37.0 Å². The van der Waals surface area contributed by atoms with Crippen LogP contribution in [0.1, 0.15) is 41.6 Å². The number of hydrogen-bond acceptors (Lipinski definition) is 5. The summed E-state index contributed by atoms with van der Waals surface area (Å²) in [5, 5.41) is 3.42. The van der Waals surface area contributed by atoms with E-state index in [2.05, 4.69) is 10.3 Å². The zero-order valence-electron chi connectivity index (χ0n) is 18.0. The van der Waals surface area contributed by atoms with Gasteiger partial charge in [0.1, 0.15) is 5.65 Å². The van der Waals surface area contributed by atoms with Gasteiger partial charge in [-0.05, 0) is 67.5 Å². The Bertz CT molecular complexity index is 1220. The predicted octanol–water partition coefficient (Wildman–Crippen LogP) is 2.91. The second-order valence-corrected chi connectivity index (χ2v) is 10.9. The van der Waals surface area contributed by atoms with Crippen LogP contribution in [-0.2, 0) is 16.4 Å². The largest absolute Gasteiger partial charge is 0.316 e. The Kier molecular flexibility index (Phi) is 5.61. The Morgan fingerprint density at radius 2 is 1.84 bits per heavy atom. The third-order valence-electron chi connectivity index (χ3n) is 7.03. The molecule has 2 aliphatic rings. The molecule has 1 aromatic carbocycles. The number of fused-ring (bicyclic) bond motifs is 1. The standard InChI is InChI=1S/C24H28N4O3S/c29-22(20-4-8-23-26-13-16-27(23)17-20)7-3-19-1-5-21(6-2-19)32(30,31)28-14-10-24(11-15-28)9-12-25-18-24/h1-2,4-6,8,13,16-17,25H,3,7,9-12,14-15,18H2. The van der Waals surface area contributed by atoms with Crippen molar-refractivity contribution in [2.75, 3.05) is 26.2 Å². The highest BCUT2D eigenvalue weighted by atomic mass is 32.2. The zero-order chi connectivity index (χ0) is 22.2. The minimum atomic E-state index is -3.48. The van der Waals surface area contributed by atoms with Crippen molar-refractivity contribution >= 4 is 21.5 Å². The Balaban J connectivity index is 1.20. The van der Waals surface area contributed by atoms with Crippen LogP contribution in [0.3, 0.4) is 0 Å². The molecule has 7 nitrogen and oxygen atoms in total. The number of rotatable bonds is 6. The van der Waals surface area contributed by atoms with E-state index in [0.717, 1.165) is 43.6 Å². The Labute approximate surface area is 188 Å². The molecule has 8 heteroatoms. The van der Waals surface area contributed by atoms with Crippen LogP contribution in [0.2, 0.25) is 0 Å². The van der Waals surface area contributed by atoms with E-state index in [0.29, 0.717) is 36.4 Å². The number of benzene rings is 1. The number of ketones is 1. The van der Waals surface area contributed by atoms with E-state index < -0.39 is 10.0 Å². The molecule has 0 unspecified atom stereocenters. The molecule has 2 fully saturated rings. The SMILES string of the molecule is O=C(CCc1ccc(S(=O)(=O)N2CCC3(CCNC3)CC2)cc1)c1ccc2nccn2c1. The third kappa shape index (κ3) is 4.10. The molecule has 1 spiro atoms. The number of pyridine rings is 1. The van der Waals surface area contributed by atoms with Gasteiger partial charge in [0.05, 0.1) is 4.90 Å². The van der Waals surface area contributed by atoms with Crippen LogP contribution in [0.25, 0.3) is 5.65 Å². The second-order valence-electron chi connectivity index (χ2n) is 9.01. The minimum Gasteiger partial charge on any atom is -0.316 e. The molecule has 168 valence electrons. The number of aromatic nitrogens is 2. The van der Waals surface area contributed by atoms with Gasteiger partial charge in [-0.3, -0.25) is 4.79 Å². The Hall–Kier alpha value is -2.55. The van der Waals surface area contributed by atoms with Gasteiger partial charge in [-0.15, -0.1) is 0 Å². The number of nitrogens with one attached hydrogen (secondary N) is 1. The van der Waals surface area contributed by atoms with Crippen LogP contribution in [0.15, 0.2) is 59.9 Å². The number of sulfonamides is 1. The minimum absolute atomic E-state index is 0.0564. The first-order chi connectivity index (χ1) is 15.5. The summed E-state index contributed by atoms with van der Waals surface area (Å²) in [4.78, 5) is 17.1. The lowest BCUT2D eigenvalue weighted by Crippen LogP contribution is -2.43. The number of carbonyl (C=O) groups is 1. The Morgan fingerprint density at radius 3 is 2.56 bits per heavy atom. The third-order valence-corrected chi connectivity index (χ3v) is 8.94. The molecule has 1 N–H and O–H groups in total. The molecule has 0 saturated carbocycles. The summed E-state index contributed by atoms with van der Waals surface area (Å²) in [5.74, 6) is 0.0564. The smallest absolute Gasteiger partial charge is 0.243 e. The van der Waals surface area contributed by atoms with Crippen LogP contribution >= 0.6 is 0 Å². The first-order valence-electron chi connectivity index (χ1n) is 11.2. The summed E-state index contributed by atoms with van der Waals surface area (Å²) in [6.07, 6.45) is 9.24. The summed E-state index contributed by atoms with van der Waals surface area (Å²) in [5.41, 5.74) is 2.69. The van der Waals surface area contributed by atoms with Gasteiger partial charge in [0.15, 0.2) is 5.78 Å². The maximum atomic E-state index is 13.1. The lowest BCUT2D eigenvalue weighted by atomic mass is 9.78. The lowest BCUT2D eigenvalue weighted by Gasteiger charge is -2.38. The highest BCUT2D eigenvalue weighted by Gasteiger charge is 2.40. The quantitative estimate of drug-likeness (QED) is 0.582. The van der Waals surface area contributed by atoms with Gasteiger partial charge < -0.3 is 9.72 Å². The maximum absolute atomic E-state index is 13.1. The van der Waals surface area contributed by atoms with Crippen LogP contribution in [-0.4, -0.2) is 54.1 Å². The highest BCUT2D eigenvalue weighted by Crippen LogP contribution is 2.38. The number of piperidine rings is 1. The molecule has 2 aliphatic heterocycles. The normalized spacial score (nSPS) is 19.0. The molecule has 0 atom stereocenters. The molecule has 5 rings (SSSR count). The number of carbonyl (C=O) groups excluding carboxylic acids is 1. The van der Waals surface area contributed by atoms with Crippen LogP contribution in [0.4, 0.5) is 0 Å². The van der Waals surface area contributed by atoms with Crippen LogP contribution in [0, 0.1) is 5.41 Å². The summed E-state index contributed by atoms with van der Waals surface area (Å²) in [6.45, 7) is 3.21. The van der Waals surface area contributed by atoms with Crippen LogP contribution in [0.5, 0.6) is 0 Å². The summed E-state index contributed by atoms with van der Waals surface area (Å²) in [6, 6.07) is 10.6. The molecule has 3 aromatic rings. The van der Waals surface area contributed by atoms with E-state index in [-0.39, 0.29) is 11.2 Å². The van der Waals surface area contributed by atoms with Crippen molar-refractivity contribution in [2.24, 2.45) is 5.41 Å². The average molecular weight is 453 g/mol. The van der Waals surface area contributed by atoms with Crippen molar-refractivity contribution < 1.29 is 13.2 Å². The summed E-state index contributed by atoms with van der Waals surface area (Å²) >= 11 is 0. The predicted molar refractivity (Wildman–Crippen MR) is 122 cm³/mol. The van der Waals surface area contributed by atoms with Crippen LogP contribution < -0.4 is 5.32 Å². The van der Waals surface area contributed by atoms with E-state index in [9.17, 15) is 13.2 Å². The average Bonchev–Trinajstić information content (AvgIpc) is 3.47. The number of aryl methyl sites for hydroxylation is 1. The van der Waals surface area contributed by atoms with E-state index >= 15 is 0 Å². The van der Waals surface area contributed by atoms with Gasteiger partial charge in [-0.25, -0.2) is 13.4 Å². The molecular formula is C24H28N4O3S. The molecule has 0 bridgehead atoms. The molecule has 0 aliphatic carbocycles. The van der Waals surface area contributed by atoms with Gasteiger partial charge >= 0.3 is 0 Å². The van der Waals surface area contributed by atoms with Crippen molar-refractivity contribution in [3.8, 4) is 0 Å². The number of hydrogen-bond donors (Lipinski definition) is 1. The van der Waals surface area contributed by atoms with Crippen molar-refractivity contribution in [1.29, 1.82) is 0 Å². The monoisotopic (exact) mass is 452 g/mol. The van der Waals surface area contributed by atoms with Gasteiger partial charge in [-0.1, -0.05) is 12.1 Å². The van der Waals surface area contributed by atoms with E-state index in [1.54, 1.807) is 34.9 Å². The van der Waals surface area contributed by atoms with Crippen molar-refractivity contribution in [1.82, 2.24) is 19.0 Å². The van der Waals surface area contributed by atoms with Gasteiger partial charge in [0.2, 0.25) is 10.0 Å². The first-order valence-corrected chi connectivity index (χ1v) is 12.7. The van der Waals surface area contributed by atoms with E-state index in [1.807, 2.05) is 28.8 Å². The number of nitrogens with zero attached hydrogens (tertiary/aromatic N) is 3. The first kappa shape index (κ1) is 21.3. The van der Waals surface area contributed by atoms with Crippen molar-refractivity contribution in [3.63, 3.8) is 0 Å². The van der Waals surface area contributed by atoms with Crippen molar-refractivity contribution in [3.05, 3.63) is 66.1 Å². The fourth-order valence-corrected chi connectivity index (χ4v) is 6.33. The van der Waals surface area contributed by atoms with E-state index in [4.69, 9.17) is 0 Å². The molecule has 2 saturated heterocycles. The van der Waals surface area contributed by atoms with Gasteiger partial charge in [-0.2, -0.15) is 4.31 Å². The fraction of sp³-hybridized carbons (Fsp3) is 0.417. The second kappa shape index (κ2) is 8.42. The van der Waals surface area contributed by atoms with Gasteiger partial charge in [0, 0.05) is 50.2 Å². The Morgan fingerprint density at radius 1 is 1.06 bits per heavy atom. The number of imidazole rings is 1. The van der Waals surface area contributed by atoms with Gasteiger partial charge in [0.25, 0.3) is 0 Å². The molecule has 0 amide bonds. The van der Waals surface area contributed by atoms with E-state index in [1.165, 1.54) is 0 Å². The fourth-order valence-electron chi connectivity index (χ4n) is 4.89.